The van der Waals surface area contributed by atoms with Gasteiger partial charge in [-0.1, -0.05) is 13.8 Å². The third-order valence-electron chi connectivity index (χ3n) is 2.91. The molecule has 0 bridgehead atoms. The lowest BCUT2D eigenvalue weighted by atomic mass is 9.89. The first kappa shape index (κ1) is 22.2. The first-order valence-corrected chi connectivity index (χ1v) is 7.99. The number of carbonyl (C=O) groups excluding carboxylic acids is 2. The summed E-state index contributed by atoms with van der Waals surface area (Å²) in [5, 5.41) is 9.69. The Kier molecular flexibility index (Phi) is 6.85. The van der Waals surface area contributed by atoms with Gasteiger partial charge >= 0.3 is 18.2 Å². The first-order valence-electron chi connectivity index (χ1n) is 7.99. The van der Waals surface area contributed by atoms with Crippen molar-refractivity contribution in [2.75, 3.05) is 0 Å². The van der Waals surface area contributed by atoms with Crippen LogP contribution >= 0.6 is 0 Å². The molecule has 0 aromatic rings. The molecule has 0 heterocycles. The quantitative estimate of drug-likeness (QED) is 0.826. The van der Waals surface area contributed by atoms with Gasteiger partial charge in [0.15, 0.2) is 5.54 Å². The highest BCUT2D eigenvalue weighted by Crippen LogP contribution is 2.28. The Morgan fingerprint density at radius 1 is 0.875 bits per heavy atom. The Morgan fingerprint density at radius 3 is 1.42 bits per heavy atom. The zero-order chi connectivity index (χ0) is 19.5. The average molecular weight is 345 g/mol. The number of rotatable bonds is 4. The lowest BCUT2D eigenvalue weighted by Crippen LogP contribution is -2.60. The molecule has 7 nitrogen and oxygen atoms in total. The van der Waals surface area contributed by atoms with Crippen molar-refractivity contribution in [3.63, 3.8) is 0 Å². The largest absolute Gasteiger partial charge is 0.479 e. The third kappa shape index (κ3) is 6.76. The monoisotopic (exact) mass is 345 g/mol. The molecule has 7 heteroatoms. The smallest absolute Gasteiger partial charge is 0.420 e. The van der Waals surface area contributed by atoms with E-state index < -0.39 is 34.9 Å². The van der Waals surface area contributed by atoms with E-state index in [1.807, 2.05) is 13.8 Å². The van der Waals surface area contributed by atoms with E-state index in [1.165, 1.54) is 6.92 Å². The number of aliphatic carboxylic acids is 1. The SMILES string of the molecule is CC(C)CC(C)(C(=O)O)N(C(=O)OC(C)(C)C)C(=O)OC(C)(C)C. The van der Waals surface area contributed by atoms with Crippen LogP contribution in [0.4, 0.5) is 9.59 Å². The highest BCUT2D eigenvalue weighted by atomic mass is 16.6. The van der Waals surface area contributed by atoms with Crippen molar-refractivity contribution in [1.82, 2.24) is 4.90 Å². The van der Waals surface area contributed by atoms with Crippen LogP contribution in [0, 0.1) is 5.92 Å². The van der Waals surface area contributed by atoms with Gasteiger partial charge in [-0.05, 0) is 60.8 Å². The topological polar surface area (TPSA) is 93.1 Å². The zero-order valence-electron chi connectivity index (χ0n) is 16.2. The van der Waals surface area contributed by atoms with Crippen LogP contribution in [0.1, 0.15) is 68.7 Å². The first-order chi connectivity index (χ1) is 10.5. The molecule has 0 aliphatic rings. The van der Waals surface area contributed by atoms with Gasteiger partial charge < -0.3 is 14.6 Å². The molecule has 1 atom stereocenters. The second kappa shape index (κ2) is 7.40. The molecule has 0 rings (SSSR count). The van der Waals surface area contributed by atoms with E-state index in [0.717, 1.165) is 0 Å². The van der Waals surface area contributed by atoms with E-state index in [2.05, 4.69) is 0 Å². The minimum absolute atomic E-state index is 0.0703. The fraction of sp³-hybridized carbons (Fsp3) is 0.824. The number of nitrogens with zero attached hydrogens (tertiary/aromatic N) is 1. The number of hydrogen-bond acceptors (Lipinski definition) is 5. The maximum Gasteiger partial charge on any atom is 0.420 e. The van der Waals surface area contributed by atoms with Crippen LogP contribution in [-0.4, -0.2) is 44.9 Å². The molecule has 0 aromatic carbocycles. The molecule has 0 spiro atoms. The number of imide groups is 1. The van der Waals surface area contributed by atoms with E-state index in [9.17, 15) is 19.5 Å². The van der Waals surface area contributed by atoms with Crippen molar-refractivity contribution in [2.45, 2.75) is 85.5 Å². The molecular formula is C17H31NO6. The van der Waals surface area contributed by atoms with E-state index in [1.54, 1.807) is 41.5 Å². The summed E-state index contributed by atoms with van der Waals surface area (Å²) in [7, 11) is 0. The molecule has 0 fully saturated rings. The average Bonchev–Trinajstić information content (AvgIpc) is 2.21. The summed E-state index contributed by atoms with van der Waals surface area (Å²) in [6, 6.07) is 0. The van der Waals surface area contributed by atoms with Crippen LogP contribution in [-0.2, 0) is 14.3 Å². The Morgan fingerprint density at radius 2 is 1.21 bits per heavy atom. The summed E-state index contributed by atoms with van der Waals surface area (Å²) in [6.45, 7) is 14.8. The van der Waals surface area contributed by atoms with Gasteiger partial charge in [0.1, 0.15) is 11.2 Å². The molecule has 1 N–H and O–H groups in total. The summed E-state index contributed by atoms with van der Waals surface area (Å²) in [4.78, 5) is 37.6. The van der Waals surface area contributed by atoms with E-state index in [0.29, 0.717) is 4.90 Å². The van der Waals surface area contributed by atoms with Crippen molar-refractivity contribution < 1.29 is 29.0 Å². The molecule has 24 heavy (non-hydrogen) atoms. The Bertz CT molecular complexity index is 458. The molecule has 0 radical (unpaired) electrons. The second-order valence-electron chi connectivity index (χ2n) is 8.47. The van der Waals surface area contributed by atoms with Crippen LogP contribution in [0.3, 0.4) is 0 Å². The molecule has 0 saturated carbocycles. The minimum atomic E-state index is -1.78. The van der Waals surface area contributed by atoms with Gasteiger partial charge in [0, 0.05) is 0 Å². The molecule has 0 aliphatic carbocycles. The highest BCUT2D eigenvalue weighted by molar-refractivity contribution is 5.95. The van der Waals surface area contributed by atoms with Crippen molar-refractivity contribution in [3.8, 4) is 0 Å². The maximum absolute atomic E-state index is 12.6. The standard InChI is InChI=1S/C17H31NO6/c1-11(2)10-17(9,12(19)20)18(13(21)23-15(3,4)5)14(22)24-16(6,7)8/h11H,10H2,1-9H3,(H,19,20). The Balaban J connectivity index is 5.95. The number of amides is 2. The molecule has 0 aliphatic heterocycles. The van der Waals surface area contributed by atoms with Gasteiger partial charge in [-0.15, -0.1) is 0 Å². The van der Waals surface area contributed by atoms with Crippen molar-refractivity contribution >= 4 is 18.2 Å². The predicted molar refractivity (Wildman–Crippen MR) is 89.8 cm³/mol. The van der Waals surface area contributed by atoms with Crippen LogP contribution in [0.2, 0.25) is 0 Å². The van der Waals surface area contributed by atoms with Gasteiger partial charge in [-0.2, -0.15) is 4.90 Å². The van der Waals surface area contributed by atoms with Gasteiger partial charge in [0.2, 0.25) is 0 Å². The van der Waals surface area contributed by atoms with Crippen molar-refractivity contribution in [2.24, 2.45) is 5.92 Å². The fourth-order valence-electron chi connectivity index (χ4n) is 2.16. The van der Waals surface area contributed by atoms with Gasteiger partial charge in [-0.3, -0.25) is 0 Å². The predicted octanol–water partition coefficient (Wildman–Crippen LogP) is 4.05. The van der Waals surface area contributed by atoms with Crippen LogP contribution in [0.5, 0.6) is 0 Å². The van der Waals surface area contributed by atoms with Gasteiger partial charge in [0.05, 0.1) is 0 Å². The lowest BCUT2D eigenvalue weighted by molar-refractivity contribution is -0.150. The lowest BCUT2D eigenvalue weighted by Gasteiger charge is -2.38. The fourth-order valence-corrected chi connectivity index (χ4v) is 2.16. The second-order valence-corrected chi connectivity index (χ2v) is 8.47. The summed E-state index contributed by atoms with van der Waals surface area (Å²) in [6.07, 6.45) is -2.01. The summed E-state index contributed by atoms with van der Waals surface area (Å²) >= 11 is 0. The summed E-state index contributed by atoms with van der Waals surface area (Å²) in [5.41, 5.74) is -3.54. The molecule has 0 aromatic heterocycles. The molecular weight excluding hydrogens is 314 g/mol. The van der Waals surface area contributed by atoms with E-state index >= 15 is 0 Å². The van der Waals surface area contributed by atoms with Crippen molar-refractivity contribution in [3.05, 3.63) is 0 Å². The zero-order valence-corrected chi connectivity index (χ0v) is 16.2. The summed E-state index contributed by atoms with van der Waals surface area (Å²) < 4.78 is 10.5. The van der Waals surface area contributed by atoms with Crippen LogP contribution in [0.15, 0.2) is 0 Å². The molecule has 140 valence electrons. The van der Waals surface area contributed by atoms with Gasteiger partial charge in [0.25, 0.3) is 0 Å². The van der Waals surface area contributed by atoms with Gasteiger partial charge in [-0.25, -0.2) is 14.4 Å². The minimum Gasteiger partial charge on any atom is -0.479 e. The number of hydrogen-bond donors (Lipinski definition) is 1. The molecule has 2 amide bonds. The number of carboxylic acid groups (broad SMARTS) is 1. The number of ether oxygens (including phenoxy) is 2. The Labute approximate surface area is 144 Å². The highest BCUT2D eigenvalue weighted by Gasteiger charge is 2.49. The molecule has 0 saturated heterocycles. The van der Waals surface area contributed by atoms with Crippen LogP contribution < -0.4 is 0 Å². The van der Waals surface area contributed by atoms with Crippen molar-refractivity contribution in [1.29, 1.82) is 0 Å². The number of carbonyl (C=O) groups is 3. The van der Waals surface area contributed by atoms with E-state index in [-0.39, 0.29) is 12.3 Å². The third-order valence-corrected chi connectivity index (χ3v) is 2.91. The normalized spacial score (nSPS) is 14.8. The number of carboxylic acids is 1. The molecule has 1 unspecified atom stereocenters. The van der Waals surface area contributed by atoms with E-state index in [4.69, 9.17) is 9.47 Å². The summed E-state index contributed by atoms with van der Waals surface area (Å²) in [5.74, 6) is -1.37. The van der Waals surface area contributed by atoms with Crippen LogP contribution in [0.25, 0.3) is 0 Å². The Hall–Kier alpha value is -1.79. The maximum atomic E-state index is 12.6.